The first-order valence-electron chi connectivity index (χ1n) is 12.0. The van der Waals surface area contributed by atoms with E-state index < -0.39 is 23.5 Å². The number of aryl methyl sites for hydroxylation is 2. The van der Waals surface area contributed by atoms with Gasteiger partial charge >= 0.3 is 5.91 Å². The Balaban J connectivity index is 1.56. The van der Waals surface area contributed by atoms with E-state index in [4.69, 9.17) is 4.74 Å². The number of hydrogen-bond donors (Lipinski definition) is 1. The molecular formula is C29H23FN2O4S. The Kier molecular flexibility index (Phi) is 5.38. The first-order chi connectivity index (χ1) is 17.7. The van der Waals surface area contributed by atoms with Gasteiger partial charge in [-0.3, -0.25) is 14.5 Å². The molecule has 0 unspecified atom stereocenters. The van der Waals surface area contributed by atoms with Gasteiger partial charge in [-0.15, -0.1) is 0 Å². The highest BCUT2D eigenvalue weighted by molar-refractivity contribution is 7.22. The van der Waals surface area contributed by atoms with E-state index in [0.29, 0.717) is 17.5 Å². The van der Waals surface area contributed by atoms with Crippen molar-refractivity contribution in [1.29, 1.82) is 0 Å². The molecule has 37 heavy (non-hydrogen) atoms. The molecule has 6 nitrogen and oxygen atoms in total. The fraction of sp³-hybridized carbons (Fsp3) is 0.207. The third-order valence-corrected chi connectivity index (χ3v) is 7.84. The molecule has 1 aromatic heterocycles. The Morgan fingerprint density at radius 1 is 1.14 bits per heavy atom. The van der Waals surface area contributed by atoms with E-state index in [1.807, 2.05) is 32.9 Å². The molecule has 3 aromatic carbocycles. The van der Waals surface area contributed by atoms with Gasteiger partial charge in [0.2, 0.25) is 0 Å². The average molecular weight is 515 g/mol. The second-order valence-electron chi connectivity index (χ2n) is 9.57. The molecule has 6 rings (SSSR count). The summed E-state index contributed by atoms with van der Waals surface area (Å²) in [5, 5.41) is 11.7. The molecule has 1 N–H and O–H groups in total. The third kappa shape index (κ3) is 3.71. The lowest BCUT2D eigenvalue weighted by Crippen LogP contribution is -2.29. The van der Waals surface area contributed by atoms with E-state index >= 15 is 4.39 Å². The van der Waals surface area contributed by atoms with Gasteiger partial charge in [0.25, 0.3) is 5.78 Å². The normalized spacial score (nSPS) is 20.5. The minimum absolute atomic E-state index is 0.00233. The number of ether oxygens (including phenoxy) is 1. The van der Waals surface area contributed by atoms with Gasteiger partial charge in [-0.2, -0.15) is 0 Å². The Labute approximate surface area is 216 Å². The first kappa shape index (κ1) is 23.4. The van der Waals surface area contributed by atoms with Crippen molar-refractivity contribution < 1.29 is 23.8 Å². The Morgan fingerprint density at radius 3 is 2.70 bits per heavy atom. The lowest BCUT2D eigenvalue weighted by Gasteiger charge is -2.23. The minimum Gasteiger partial charge on any atom is -0.507 e. The Bertz CT molecular complexity index is 1660. The molecule has 0 bridgehead atoms. The van der Waals surface area contributed by atoms with Crippen molar-refractivity contribution in [2.45, 2.75) is 39.3 Å². The van der Waals surface area contributed by atoms with Crippen LogP contribution in [0.5, 0.6) is 5.75 Å². The van der Waals surface area contributed by atoms with Gasteiger partial charge in [0.15, 0.2) is 5.13 Å². The number of halogens is 1. The number of hydrogen-bond acceptors (Lipinski definition) is 6. The smallest absolute Gasteiger partial charge is 0.301 e. The van der Waals surface area contributed by atoms with Gasteiger partial charge in [-0.25, -0.2) is 9.37 Å². The van der Waals surface area contributed by atoms with E-state index in [2.05, 4.69) is 4.98 Å². The van der Waals surface area contributed by atoms with Gasteiger partial charge in [0.1, 0.15) is 29.5 Å². The molecule has 3 heterocycles. The van der Waals surface area contributed by atoms with Crippen LogP contribution in [0.25, 0.3) is 16.0 Å². The van der Waals surface area contributed by atoms with Crippen LogP contribution >= 0.6 is 11.3 Å². The fourth-order valence-corrected chi connectivity index (χ4v) is 6.38. The van der Waals surface area contributed by atoms with E-state index in [-0.39, 0.29) is 28.1 Å². The lowest BCUT2D eigenvalue weighted by atomic mass is 9.94. The molecule has 4 aromatic rings. The number of fused-ring (bicyclic) bond motifs is 2. The summed E-state index contributed by atoms with van der Waals surface area (Å²) < 4.78 is 21.8. The quantitative estimate of drug-likeness (QED) is 0.206. The van der Waals surface area contributed by atoms with Crippen LogP contribution in [0.3, 0.4) is 0 Å². The largest absolute Gasteiger partial charge is 0.507 e. The molecule has 0 saturated carbocycles. The number of aromatic nitrogens is 1. The summed E-state index contributed by atoms with van der Waals surface area (Å²) in [5.74, 6) is -1.97. The molecule has 186 valence electrons. The van der Waals surface area contributed by atoms with Crippen LogP contribution in [0.2, 0.25) is 0 Å². The van der Waals surface area contributed by atoms with Crippen molar-refractivity contribution in [2.24, 2.45) is 0 Å². The highest BCUT2D eigenvalue weighted by Crippen LogP contribution is 2.45. The zero-order chi connectivity index (χ0) is 26.0. The van der Waals surface area contributed by atoms with Crippen LogP contribution in [0.1, 0.15) is 40.8 Å². The van der Waals surface area contributed by atoms with E-state index in [1.165, 1.54) is 34.4 Å². The minimum atomic E-state index is -1.17. The molecule has 0 aliphatic carbocycles. The number of carbonyl (C=O) groups is 2. The van der Waals surface area contributed by atoms with E-state index in [1.54, 1.807) is 24.3 Å². The van der Waals surface area contributed by atoms with Crippen LogP contribution in [-0.4, -0.2) is 27.9 Å². The molecular weight excluding hydrogens is 491 g/mol. The van der Waals surface area contributed by atoms with Crippen molar-refractivity contribution in [1.82, 2.24) is 4.98 Å². The number of nitrogens with zero attached hydrogens (tertiary/aromatic N) is 2. The molecule has 1 saturated heterocycles. The number of amides is 1. The number of carbonyl (C=O) groups excluding carboxylic acids is 2. The maximum atomic E-state index is 15.2. The third-order valence-electron chi connectivity index (χ3n) is 6.84. The summed E-state index contributed by atoms with van der Waals surface area (Å²) in [7, 11) is 0. The number of Topliss-reactive ketones (excluding diaryl/α,β-unsaturated/α-hetero) is 1. The first-order valence-corrected chi connectivity index (χ1v) is 12.8. The Hall–Kier alpha value is -4.04. The van der Waals surface area contributed by atoms with Crippen molar-refractivity contribution in [2.75, 3.05) is 4.90 Å². The van der Waals surface area contributed by atoms with Crippen LogP contribution in [0.15, 0.2) is 60.2 Å². The zero-order valence-corrected chi connectivity index (χ0v) is 21.2. The number of anilines is 1. The summed E-state index contributed by atoms with van der Waals surface area (Å²) in [5.41, 5.74) is 3.89. The van der Waals surface area contributed by atoms with Crippen molar-refractivity contribution in [3.05, 3.63) is 93.8 Å². The number of rotatable bonds is 3. The predicted octanol–water partition coefficient (Wildman–Crippen LogP) is 6.00. The monoisotopic (exact) mass is 514 g/mol. The molecule has 8 heteroatoms. The summed E-state index contributed by atoms with van der Waals surface area (Å²) in [6.07, 6.45) is 0.661. The number of benzene rings is 3. The van der Waals surface area contributed by atoms with Gasteiger partial charge in [0.05, 0.1) is 15.8 Å². The summed E-state index contributed by atoms with van der Waals surface area (Å²) in [4.78, 5) is 32.8. The van der Waals surface area contributed by atoms with Gasteiger partial charge in [0, 0.05) is 17.5 Å². The number of thiazole rings is 1. The Morgan fingerprint density at radius 2 is 1.92 bits per heavy atom. The second kappa shape index (κ2) is 8.52. The van der Waals surface area contributed by atoms with Crippen molar-refractivity contribution in [3.63, 3.8) is 0 Å². The summed E-state index contributed by atoms with van der Waals surface area (Å²) in [6.45, 7) is 5.85. The predicted molar refractivity (Wildman–Crippen MR) is 141 cm³/mol. The van der Waals surface area contributed by atoms with Crippen LogP contribution in [-0.2, 0) is 16.0 Å². The SMILES string of the molecule is Cc1cc(C)c2nc(N3C(=O)C(=O)C(=C(O)c4ccc5c(c4)C[C@@H](C)O5)[C@@H]3c3ccccc3F)sc2c1. The van der Waals surface area contributed by atoms with Gasteiger partial charge in [-0.05, 0) is 67.8 Å². The summed E-state index contributed by atoms with van der Waals surface area (Å²) >= 11 is 1.26. The van der Waals surface area contributed by atoms with Crippen molar-refractivity contribution >= 4 is 44.1 Å². The molecule has 2 aliphatic rings. The number of ketones is 1. The van der Waals surface area contributed by atoms with Crippen molar-refractivity contribution in [3.8, 4) is 5.75 Å². The van der Waals surface area contributed by atoms with Crippen LogP contribution in [0, 0.1) is 19.7 Å². The number of aliphatic hydroxyl groups is 1. The maximum absolute atomic E-state index is 15.2. The average Bonchev–Trinajstić information content (AvgIpc) is 3.52. The highest BCUT2D eigenvalue weighted by Gasteiger charge is 2.49. The fourth-order valence-electron chi connectivity index (χ4n) is 5.21. The molecule has 2 atom stereocenters. The molecule has 0 radical (unpaired) electrons. The van der Waals surface area contributed by atoms with E-state index in [0.717, 1.165) is 27.1 Å². The standard InChI is InChI=1S/C29H23FN2O4S/c1-14-10-15(2)24-22(11-14)37-29(31-24)32-25(19-6-4-5-7-20(19)30)23(27(34)28(32)35)26(33)17-8-9-21-18(13-17)12-16(3)36-21/h4-11,13,16,25,33H,12H2,1-3H3/t16-,25+/m1/s1. The number of aliphatic hydroxyl groups excluding tert-OH is 1. The van der Waals surface area contributed by atoms with Gasteiger partial charge < -0.3 is 9.84 Å². The summed E-state index contributed by atoms with van der Waals surface area (Å²) in [6, 6.07) is 13.9. The highest BCUT2D eigenvalue weighted by atomic mass is 32.1. The zero-order valence-electron chi connectivity index (χ0n) is 20.4. The molecule has 1 amide bonds. The lowest BCUT2D eigenvalue weighted by molar-refractivity contribution is -0.132. The van der Waals surface area contributed by atoms with Gasteiger partial charge in [-0.1, -0.05) is 35.6 Å². The molecule has 1 fully saturated rings. The van der Waals surface area contributed by atoms with Crippen LogP contribution < -0.4 is 9.64 Å². The second-order valence-corrected chi connectivity index (χ2v) is 10.6. The molecule has 2 aliphatic heterocycles. The molecule has 0 spiro atoms. The maximum Gasteiger partial charge on any atom is 0.301 e. The van der Waals surface area contributed by atoms with Crippen LogP contribution in [0.4, 0.5) is 9.52 Å². The topological polar surface area (TPSA) is 79.7 Å². The van der Waals surface area contributed by atoms with E-state index in [9.17, 15) is 14.7 Å².